The smallest absolute Gasteiger partial charge is 0.303 e. The lowest BCUT2D eigenvalue weighted by Gasteiger charge is -1.93. The Morgan fingerprint density at radius 2 is 2.67 bits per heavy atom. The molecule has 0 unspecified atom stereocenters. The second-order valence-electron chi connectivity index (χ2n) is 2.09. The van der Waals surface area contributed by atoms with Crippen molar-refractivity contribution in [2.45, 2.75) is 17.2 Å². The Morgan fingerprint density at radius 1 is 1.83 bits per heavy atom. The van der Waals surface area contributed by atoms with E-state index in [0.29, 0.717) is 6.42 Å². The van der Waals surface area contributed by atoms with Crippen LogP contribution in [0.25, 0.3) is 0 Å². The quantitative estimate of drug-likeness (QED) is 0.585. The van der Waals surface area contributed by atoms with Crippen molar-refractivity contribution in [3.63, 3.8) is 0 Å². The summed E-state index contributed by atoms with van der Waals surface area (Å²) in [5, 5.41) is 11.2. The summed E-state index contributed by atoms with van der Waals surface area (Å²) in [4.78, 5) is 14.1. The van der Waals surface area contributed by atoms with Gasteiger partial charge in [-0.2, -0.15) is 0 Å². The fourth-order valence-electron chi connectivity index (χ4n) is 0.632. The molecule has 0 atom stereocenters. The van der Waals surface area contributed by atoms with Crippen molar-refractivity contribution in [3.05, 3.63) is 11.6 Å². The summed E-state index contributed by atoms with van der Waals surface area (Å²) in [6, 6.07) is 0. The van der Waals surface area contributed by atoms with Gasteiger partial charge in [0, 0.05) is 18.4 Å². The van der Waals surface area contributed by atoms with Crippen LogP contribution in [0.3, 0.4) is 0 Å². The van der Waals surface area contributed by atoms with Gasteiger partial charge in [-0.25, -0.2) is 4.98 Å². The predicted octanol–water partition coefficient (Wildman–Crippen LogP) is 1.90. The van der Waals surface area contributed by atoms with Crippen LogP contribution in [0.5, 0.6) is 0 Å². The molecule has 0 fully saturated rings. The topological polar surface area (TPSA) is 50.2 Å². The first-order valence-corrected chi connectivity index (χ1v) is 5.25. The van der Waals surface area contributed by atoms with E-state index >= 15 is 0 Å². The normalized spacial score (nSPS) is 10.0. The molecule has 1 rings (SSSR count). The minimum atomic E-state index is -0.735. The largest absolute Gasteiger partial charge is 0.481 e. The number of aliphatic carboxylic acids is 1. The maximum atomic E-state index is 10.1. The first-order valence-electron chi connectivity index (χ1n) is 3.45. The Balaban J connectivity index is 2.07. The van der Waals surface area contributed by atoms with E-state index in [9.17, 15) is 4.79 Å². The van der Waals surface area contributed by atoms with Gasteiger partial charge in [0.25, 0.3) is 0 Å². The highest BCUT2D eigenvalue weighted by atomic mass is 32.2. The molecular weight excluding hydrogens is 194 g/mol. The molecule has 0 aliphatic rings. The Morgan fingerprint density at radius 3 is 3.25 bits per heavy atom. The molecule has 0 bridgehead atoms. The molecule has 0 saturated heterocycles. The molecule has 0 spiro atoms. The van der Waals surface area contributed by atoms with E-state index < -0.39 is 5.97 Å². The van der Waals surface area contributed by atoms with Crippen LogP contribution in [0, 0.1) is 5.38 Å². The van der Waals surface area contributed by atoms with Gasteiger partial charge in [0.1, 0.15) is 4.34 Å². The van der Waals surface area contributed by atoms with E-state index in [-0.39, 0.29) is 6.42 Å². The van der Waals surface area contributed by atoms with Gasteiger partial charge >= 0.3 is 5.97 Å². The van der Waals surface area contributed by atoms with Crippen molar-refractivity contribution in [1.82, 2.24) is 4.98 Å². The molecule has 12 heavy (non-hydrogen) atoms. The third-order valence-electron chi connectivity index (χ3n) is 1.13. The van der Waals surface area contributed by atoms with Crippen molar-refractivity contribution in [1.29, 1.82) is 0 Å². The summed E-state index contributed by atoms with van der Waals surface area (Å²) in [5.41, 5.74) is 0. The number of hydrogen-bond donors (Lipinski definition) is 1. The highest BCUT2D eigenvalue weighted by Gasteiger charge is 1.99. The van der Waals surface area contributed by atoms with Gasteiger partial charge in [0.15, 0.2) is 0 Å². The van der Waals surface area contributed by atoms with Crippen molar-refractivity contribution in [2.24, 2.45) is 0 Å². The van der Waals surface area contributed by atoms with Gasteiger partial charge in [0.05, 0.1) is 5.38 Å². The number of carboxylic acids is 1. The number of aromatic nitrogens is 1. The molecule has 0 amide bonds. The molecule has 3 nitrogen and oxygen atoms in total. The fraction of sp³-hybridized carbons (Fsp3) is 0.429. The third kappa shape index (κ3) is 3.73. The Kier molecular flexibility index (Phi) is 4.10. The first-order chi connectivity index (χ1) is 5.79. The van der Waals surface area contributed by atoms with E-state index in [1.807, 2.05) is 0 Å². The summed E-state index contributed by atoms with van der Waals surface area (Å²) in [6.07, 6.45) is 2.56. The van der Waals surface area contributed by atoms with E-state index in [0.717, 1.165) is 10.1 Å². The zero-order valence-electron chi connectivity index (χ0n) is 6.32. The summed E-state index contributed by atoms with van der Waals surface area (Å²) in [7, 11) is 0. The molecule has 0 saturated carbocycles. The number of rotatable bonds is 5. The van der Waals surface area contributed by atoms with Crippen LogP contribution in [-0.4, -0.2) is 21.8 Å². The maximum absolute atomic E-state index is 10.1. The van der Waals surface area contributed by atoms with Crippen LogP contribution in [0.4, 0.5) is 0 Å². The van der Waals surface area contributed by atoms with Crippen molar-refractivity contribution >= 4 is 29.1 Å². The molecule has 1 heterocycles. The van der Waals surface area contributed by atoms with E-state index in [1.165, 1.54) is 11.3 Å². The predicted molar refractivity (Wildman–Crippen MR) is 48.5 cm³/mol. The molecule has 1 aromatic heterocycles. The van der Waals surface area contributed by atoms with Crippen LogP contribution in [0.15, 0.2) is 10.5 Å². The zero-order chi connectivity index (χ0) is 8.81. The number of carbonyl (C=O) groups is 1. The summed E-state index contributed by atoms with van der Waals surface area (Å²) in [6.45, 7) is 0. The second-order valence-corrected chi connectivity index (χ2v) is 4.26. The minimum absolute atomic E-state index is 0.238. The molecule has 0 aliphatic carbocycles. The van der Waals surface area contributed by atoms with Gasteiger partial charge < -0.3 is 5.11 Å². The summed E-state index contributed by atoms with van der Waals surface area (Å²) in [5.74, 6) is 0.0782. The molecular formula is C7H8NO2S2. The Labute approximate surface area is 78.8 Å². The average molecular weight is 202 g/mol. The lowest BCUT2D eigenvalue weighted by atomic mass is 10.3. The number of hydrogen-bond acceptors (Lipinski definition) is 4. The van der Waals surface area contributed by atoms with E-state index in [2.05, 4.69) is 10.4 Å². The minimum Gasteiger partial charge on any atom is -0.481 e. The van der Waals surface area contributed by atoms with Crippen LogP contribution in [0.2, 0.25) is 0 Å². The highest BCUT2D eigenvalue weighted by molar-refractivity contribution is 8.00. The monoisotopic (exact) mass is 202 g/mol. The Bertz CT molecular complexity index is 236. The fourth-order valence-corrected chi connectivity index (χ4v) is 2.16. The molecule has 5 heteroatoms. The van der Waals surface area contributed by atoms with Gasteiger partial charge in [0.2, 0.25) is 0 Å². The molecule has 65 valence electrons. The van der Waals surface area contributed by atoms with Gasteiger partial charge in [-0.15, -0.1) is 11.3 Å². The number of thioether (sulfide) groups is 1. The zero-order valence-corrected chi connectivity index (χ0v) is 7.95. The third-order valence-corrected chi connectivity index (χ3v) is 3.08. The molecule has 1 radical (unpaired) electrons. The lowest BCUT2D eigenvalue weighted by Crippen LogP contribution is -1.94. The number of thiazole rings is 1. The molecule has 0 aromatic carbocycles. The van der Waals surface area contributed by atoms with E-state index in [1.54, 1.807) is 18.0 Å². The van der Waals surface area contributed by atoms with Crippen molar-refractivity contribution < 1.29 is 9.90 Å². The lowest BCUT2D eigenvalue weighted by molar-refractivity contribution is -0.137. The maximum Gasteiger partial charge on any atom is 0.303 e. The Hall–Kier alpha value is -0.550. The van der Waals surface area contributed by atoms with Crippen molar-refractivity contribution in [3.8, 4) is 0 Å². The molecule has 0 aliphatic heterocycles. The summed E-state index contributed by atoms with van der Waals surface area (Å²) >= 11 is 3.04. The second kappa shape index (κ2) is 5.16. The van der Waals surface area contributed by atoms with Gasteiger partial charge in [-0.05, 0) is 6.42 Å². The molecule has 1 aromatic rings. The van der Waals surface area contributed by atoms with Crippen LogP contribution >= 0.6 is 23.1 Å². The van der Waals surface area contributed by atoms with Crippen LogP contribution in [0.1, 0.15) is 12.8 Å². The van der Waals surface area contributed by atoms with Crippen LogP contribution < -0.4 is 0 Å². The SMILES string of the molecule is O=C(O)CCCSc1nc[c]s1. The summed E-state index contributed by atoms with van der Waals surface area (Å²) < 4.78 is 0.959. The van der Waals surface area contributed by atoms with Gasteiger partial charge in [-0.1, -0.05) is 11.8 Å². The number of nitrogens with zero attached hydrogens (tertiary/aromatic N) is 1. The van der Waals surface area contributed by atoms with Crippen LogP contribution in [-0.2, 0) is 4.79 Å². The highest BCUT2D eigenvalue weighted by Crippen LogP contribution is 2.20. The van der Waals surface area contributed by atoms with Gasteiger partial charge in [-0.3, -0.25) is 4.79 Å². The van der Waals surface area contributed by atoms with E-state index in [4.69, 9.17) is 5.11 Å². The van der Waals surface area contributed by atoms with Crippen molar-refractivity contribution in [2.75, 3.05) is 5.75 Å². The standard InChI is InChI=1S/C7H8NO2S2/c9-6(10)2-1-4-11-7-8-3-5-12-7/h3H,1-2,4H2,(H,9,10). The first kappa shape index (κ1) is 9.54. The molecule has 1 N–H and O–H groups in total. The number of carboxylic acid groups (broad SMARTS) is 1. The average Bonchev–Trinajstić information content (AvgIpc) is 2.49.